The minimum Gasteiger partial charge on any atom is -0.398 e. The maximum atomic E-state index is 13.9. The Bertz CT molecular complexity index is 616. The van der Waals surface area contributed by atoms with E-state index in [1.54, 1.807) is 0 Å². The third kappa shape index (κ3) is 3.94. The molecule has 1 saturated heterocycles. The molecule has 1 aromatic rings. The molecule has 0 unspecified atom stereocenters. The summed E-state index contributed by atoms with van der Waals surface area (Å²) in [5.74, 6) is -0.811. The fraction of sp³-hybridized carbons (Fsp3) is 0.538. The first-order chi connectivity index (χ1) is 9.83. The van der Waals surface area contributed by atoms with Gasteiger partial charge in [0.15, 0.2) is 0 Å². The zero-order valence-electron chi connectivity index (χ0n) is 11.8. The number of hydrogen-bond acceptors (Lipinski definition) is 4. The van der Waals surface area contributed by atoms with E-state index in [0.717, 1.165) is 44.6 Å². The van der Waals surface area contributed by atoms with Crippen molar-refractivity contribution in [1.82, 2.24) is 9.62 Å². The van der Waals surface area contributed by atoms with Gasteiger partial charge in [0.2, 0.25) is 10.0 Å². The van der Waals surface area contributed by atoms with Gasteiger partial charge in [0, 0.05) is 16.2 Å². The lowest BCUT2D eigenvalue weighted by Crippen LogP contribution is -2.44. The van der Waals surface area contributed by atoms with Crippen LogP contribution in [-0.2, 0) is 10.0 Å². The van der Waals surface area contributed by atoms with Gasteiger partial charge in [0.05, 0.1) is 0 Å². The van der Waals surface area contributed by atoms with Gasteiger partial charge in [-0.3, -0.25) is 0 Å². The summed E-state index contributed by atoms with van der Waals surface area (Å²) in [6, 6.07) is 2.05. The van der Waals surface area contributed by atoms with Gasteiger partial charge in [-0.05, 0) is 60.5 Å². The molecule has 21 heavy (non-hydrogen) atoms. The number of nitrogens with one attached hydrogen (secondary N) is 1. The van der Waals surface area contributed by atoms with E-state index in [1.165, 1.54) is 0 Å². The van der Waals surface area contributed by atoms with E-state index >= 15 is 0 Å². The molecule has 0 aromatic heterocycles. The number of anilines is 1. The molecule has 0 amide bonds. The van der Waals surface area contributed by atoms with Crippen molar-refractivity contribution in [2.75, 3.05) is 25.4 Å². The number of benzene rings is 1. The number of piperidine rings is 1. The van der Waals surface area contributed by atoms with Crippen LogP contribution in [0.4, 0.5) is 10.1 Å². The van der Waals surface area contributed by atoms with Crippen molar-refractivity contribution in [3.63, 3.8) is 0 Å². The number of rotatable bonds is 4. The van der Waals surface area contributed by atoms with Gasteiger partial charge < -0.3 is 10.6 Å². The highest BCUT2D eigenvalue weighted by Crippen LogP contribution is 2.26. The van der Waals surface area contributed by atoms with Crippen LogP contribution in [-0.4, -0.2) is 39.0 Å². The first-order valence-corrected chi connectivity index (χ1v) is 9.10. The molecule has 5 nitrogen and oxygen atoms in total. The number of nitrogens with two attached hydrogens (primary N) is 1. The van der Waals surface area contributed by atoms with Gasteiger partial charge in [-0.1, -0.05) is 6.92 Å². The monoisotopic (exact) mass is 379 g/mol. The molecule has 0 spiro atoms. The zero-order valence-corrected chi connectivity index (χ0v) is 14.2. The summed E-state index contributed by atoms with van der Waals surface area (Å²) in [4.78, 5) is 1.85. The molecule has 1 heterocycles. The second-order valence-electron chi connectivity index (χ2n) is 5.13. The van der Waals surface area contributed by atoms with Gasteiger partial charge in [-0.25, -0.2) is 17.5 Å². The van der Waals surface area contributed by atoms with E-state index in [9.17, 15) is 12.8 Å². The minimum absolute atomic E-state index is 0.165. The summed E-state index contributed by atoms with van der Waals surface area (Å²) in [6.45, 7) is 4.71. The molecule has 1 aliphatic rings. The number of halogens is 2. The molecule has 0 aliphatic carbocycles. The van der Waals surface area contributed by atoms with Gasteiger partial charge in [0.1, 0.15) is 10.7 Å². The molecule has 0 radical (unpaired) electrons. The third-order valence-corrected chi connectivity index (χ3v) is 5.92. The van der Waals surface area contributed by atoms with Crippen molar-refractivity contribution in [2.24, 2.45) is 0 Å². The standard InChI is InChI=1S/C13H19BrFN3O2S/c1-2-18-5-3-9(4-6-18)17-21(19,20)13-8-12(16)10(14)7-11(13)15/h7-9,17H,2-6,16H2,1H3. The molecular formula is C13H19BrFN3O2S. The van der Waals surface area contributed by atoms with Crippen molar-refractivity contribution >= 4 is 31.6 Å². The van der Waals surface area contributed by atoms with Crippen LogP contribution in [0, 0.1) is 5.82 Å². The van der Waals surface area contributed by atoms with Crippen molar-refractivity contribution in [2.45, 2.75) is 30.7 Å². The minimum atomic E-state index is -3.90. The van der Waals surface area contributed by atoms with Crippen molar-refractivity contribution in [3.8, 4) is 0 Å². The summed E-state index contributed by atoms with van der Waals surface area (Å²) >= 11 is 3.07. The van der Waals surface area contributed by atoms with Crippen LogP contribution in [0.15, 0.2) is 21.5 Å². The van der Waals surface area contributed by atoms with Crippen LogP contribution in [0.5, 0.6) is 0 Å². The number of nitrogens with zero attached hydrogens (tertiary/aromatic N) is 1. The summed E-state index contributed by atoms with van der Waals surface area (Å²) < 4.78 is 41.4. The highest BCUT2D eigenvalue weighted by molar-refractivity contribution is 9.10. The second kappa shape index (κ2) is 6.60. The van der Waals surface area contributed by atoms with Crippen molar-refractivity contribution < 1.29 is 12.8 Å². The number of nitrogen functional groups attached to an aromatic ring is 1. The van der Waals surface area contributed by atoms with Gasteiger partial charge >= 0.3 is 0 Å². The summed E-state index contributed by atoms with van der Waals surface area (Å²) in [5, 5.41) is 0. The average Bonchev–Trinajstić information content (AvgIpc) is 2.43. The molecule has 3 N–H and O–H groups in total. The first-order valence-electron chi connectivity index (χ1n) is 6.82. The molecule has 1 fully saturated rings. The van der Waals surface area contributed by atoms with E-state index in [2.05, 4.69) is 32.5 Å². The summed E-state index contributed by atoms with van der Waals surface area (Å²) in [5.41, 5.74) is 5.84. The zero-order chi connectivity index (χ0) is 15.6. The summed E-state index contributed by atoms with van der Waals surface area (Å²) in [6.07, 6.45) is 1.45. The van der Waals surface area contributed by atoms with Crippen molar-refractivity contribution in [3.05, 3.63) is 22.4 Å². The van der Waals surface area contributed by atoms with E-state index in [0.29, 0.717) is 4.47 Å². The quantitative estimate of drug-likeness (QED) is 0.783. The second-order valence-corrected chi connectivity index (χ2v) is 7.67. The maximum absolute atomic E-state index is 13.9. The maximum Gasteiger partial charge on any atom is 0.243 e. The van der Waals surface area contributed by atoms with Gasteiger partial charge in [-0.2, -0.15) is 0 Å². The average molecular weight is 380 g/mol. The Morgan fingerprint density at radius 2 is 2.05 bits per heavy atom. The molecule has 0 atom stereocenters. The smallest absolute Gasteiger partial charge is 0.243 e. The number of hydrogen-bond donors (Lipinski definition) is 2. The Morgan fingerprint density at radius 1 is 1.43 bits per heavy atom. The third-order valence-electron chi connectivity index (χ3n) is 3.70. The Kier molecular flexibility index (Phi) is 5.24. The first kappa shape index (κ1) is 16.7. The Hall–Kier alpha value is -0.700. The largest absolute Gasteiger partial charge is 0.398 e. The normalized spacial score (nSPS) is 18.0. The molecule has 1 aromatic carbocycles. The molecule has 0 saturated carbocycles. The van der Waals surface area contributed by atoms with Crippen LogP contribution in [0.25, 0.3) is 0 Å². The van der Waals surface area contributed by atoms with Crippen LogP contribution >= 0.6 is 15.9 Å². The van der Waals surface area contributed by atoms with Crippen LogP contribution < -0.4 is 10.5 Å². The topological polar surface area (TPSA) is 75.4 Å². The fourth-order valence-electron chi connectivity index (χ4n) is 2.40. The highest BCUT2D eigenvalue weighted by Gasteiger charge is 2.26. The SMILES string of the molecule is CCN1CCC(NS(=O)(=O)c2cc(N)c(Br)cc2F)CC1. The number of likely N-dealkylation sites (tertiary alicyclic amines) is 1. The fourth-order valence-corrected chi connectivity index (χ4v) is 4.12. The van der Waals surface area contributed by atoms with Crippen LogP contribution in [0.1, 0.15) is 19.8 Å². The van der Waals surface area contributed by atoms with Gasteiger partial charge in [0.25, 0.3) is 0 Å². The molecule has 8 heteroatoms. The van der Waals surface area contributed by atoms with Crippen molar-refractivity contribution in [1.29, 1.82) is 0 Å². The summed E-state index contributed by atoms with van der Waals surface area (Å²) in [7, 11) is -3.90. The predicted octanol–water partition coefficient (Wildman–Crippen LogP) is 1.93. The lowest BCUT2D eigenvalue weighted by atomic mass is 10.1. The molecular weight excluding hydrogens is 361 g/mol. The van der Waals surface area contributed by atoms with E-state index in [1.807, 2.05) is 0 Å². The van der Waals surface area contributed by atoms with Crippen LogP contribution in [0.2, 0.25) is 0 Å². The number of sulfonamides is 1. The molecule has 118 valence electrons. The van der Waals surface area contributed by atoms with E-state index in [4.69, 9.17) is 5.73 Å². The lowest BCUT2D eigenvalue weighted by Gasteiger charge is -2.31. The Balaban J connectivity index is 2.14. The lowest BCUT2D eigenvalue weighted by molar-refractivity contribution is 0.217. The predicted molar refractivity (Wildman–Crippen MR) is 84.0 cm³/mol. The van der Waals surface area contributed by atoms with Gasteiger partial charge in [-0.15, -0.1) is 0 Å². The van der Waals surface area contributed by atoms with E-state index in [-0.39, 0.29) is 11.7 Å². The van der Waals surface area contributed by atoms with Crippen LogP contribution in [0.3, 0.4) is 0 Å². The molecule has 1 aliphatic heterocycles. The molecule has 0 bridgehead atoms. The van der Waals surface area contributed by atoms with E-state index < -0.39 is 20.7 Å². The molecule has 2 rings (SSSR count). The Labute approximate surface area is 132 Å². The highest BCUT2D eigenvalue weighted by atomic mass is 79.9. The Morgan fingerprint density at radius 3 is 2.62 bits per heavy atom.